The van der Waals surface area contributed by atoms with Crippen molar-refractivity contribution in [1.82, 2.24) is 0 Å². The van der Waals surface area contributed by atoms with E-state index >= 15 is 0 Å². The Labute approximate surface area is 98.3 Å². The van der Waals surface area contributed by atoms with E-state index in [-0.39, 0.29) is 0 Å². The van der Waals surface area contributed by atoms with E-state index in [4.69, 9.17) is 0 Å². The number of aliphatic hydroxyl groups is 1. The molecule has 17 heavy (non-hydrogen) atoms. The fraction of sp³-hybridized carbons (Fsp3) is 0.154. The van der Waals surface area contributed by atoms with Crippen molar-refractivity contribution >= 4 is 16.7 Å². The van der Waals surface area contributed by atoms with Gasteiger partial charge >= 0.3 is 0 Å². The Kier molecular flexibility index (Phi) is 3.08. The molecule has 4 heteroatoms. The molecule has 0 aliphatic rings. The summed E-state index contributed by atoms with van der Waals surface area (Å²) in [5.41, 5.74) is 4.42. The van der Waals surface area contributed by atoms with Gasteiger partial charge in [-0.3, -0.25) is 0 Å². The molecule has 0 aliphatic carbocycles. The van der Waals surface area contributed by atoms with Crippen molar-refractivity contribution in [3.63, 3.8) is 0 Å². The Bertz CT molecular complexity index is 548. The normalized spacial score (nSPS) is 14.5. The first-order chi connectivity index (χ1) is 8.11. The summed E-state index contributed by atoms with van der Waals surface area (Å²) in [7, 11) is 0. The van der Waals surface area contributed by atoms with E-state index in [9.17, 15) is 15.0 Å². The van der Waals surface area contributed by atoms with E-state index in [1.54, 1.807) is 6.07 Å². The largest absolute Gasteiger partial charge is 0.547 e. The van der Waals surface area contributed by atoms with Gasteiger partial charge in [0, 0.05) is 5.56 Å². The maximum Gasteiger partial charge on any atom is 0.149 e. The maximum absolute atomic E-state index is 10.6. The molecule has 0 radical (unpaired) electrons. The third-order valence-electron chi connectivity index (χ3n) is 2.85. The molecular formula is C13H13NO3. The van der Waals surface area contributed by atoms with Crippen LogP contribution >= 0.6 is 0 Å². The van der Waals surface area contributed by atoms with Gasteiger partial charge in [-0.2, -0.15) is 0 Å². The number of quaternary nitrogens is 1. The molecule has 2 aromatic carbocycles. The van der Waals surface area contributed by atoms with Gasteiger partial charge in [-0.15, -0.1) is 0 Å². The molecule has 0 aromatic heterocycles. The van der Waals surface area contributed by atoms with Gasteiger partial charge < -0.3 is 20.7 Å². The van der Waals surface area contributed by atoms with Crippen LogP contribution in [0.4, 0.5) is 0 Å². The molecular weight excluding hydrogens is 218 g/mol. The lowest BCUT2D eigenvalue weighted by Crippen LogP contribution is -2.62. The van der Waals surface area contributed by atoms with Crippen LogP contribution in [0.3, 0.4) is 0 Å². The lowest BCUT2D eigenvalue weighted by molar-refractivity contribution is -0.447. The molecule has 2 rings (SSSR count). The van der Waals surface area contributed by atoms with Gasteiger partial charge in [-0.05, 0) is 10.8 Å². The van der Waals surface area contributed by atoms with Crippen LogP contribution in [0, 0.1) is 0 Å². The standard InChI is InChI=1S/C13H13NO3/c14-11(12(15)13(16)17)10-7-3-5-8-4-1-2-6-9(8)10/h1-7,11-12,15H,14H2,(H,16,17)/t11-,12-/m1/s1. The highest BCUT2D eigenvalue weighted by molar-refractivity contribution is 5.86. The first-order valence-electron chi connectivity index (χ1n) is 5.31. The van der Waals surface area contributed by atoms with Crippen LogP contribution in [0.2, 0.25) is 0 Å². The highest BCUT2D eigenvalue weighted by Crippen LogP contribution is 2.23. The predicted molar refractivity (Wildman–Crippen MR) is 60.6 cm³/mol. The summed E-state index contributed by atoms with van der Waals surface area (Å²) in [6.45, 7) is 0. The van der Waals surface area contributed by atoms with Gasteiger partial charge in [0.05, 0.1) is 5.97 Å². The van der Waals surface area contributed by atoms with Crippen LogP contribution in [0.1, 0.15) is 11.6 Å². The number of carbonyl (C=O) groups is 1. The second kappa shape index (κ2) is 4.53. The van der Waals surface area contributed by atoms with E-state index in [0.717, 1.165) is 10.8 Å². The summed E-state index contributed by atoms with van der Waals surface area (Å²) < 4.78 is 0. The predicted octanol–water partition coefficient (Wildman–Crippen LogP) is -0.766. The molecule has 0 saturated heterocycles. The Morgan fingerprint density at radius 3 is 2.53 bits per heavy atom. The number of carboxylic acid groups (broad SMARTS) is 1. The minimum absolute atomic E-state index is 0.708. The Balaban J connectivity index is 2.52. The molecule has 2 atom stereocenters. The van der Waals surface area contributed by atoms with Crippen LogP contribution in [0.25, 0.3) is 10.8 Å². The van der Waals surface area contributed by atoms with Crippen molar-refractivity contribution in [2.75, 3.05) is 0 Å². The fourth-order valence-corrected chi connectivity index (χ4v) is 1.91. The SMILES string of the molecule is [NH3+][C@H](c1cccc2ccccc12)[C@@H](O)C(=O)[O-]. The van der Waals surface area contributed by atoms with Crippen molar-refractivity contribution in [2.24, 2.45) is 0 Å². The zero-order chi connectivity index (χ0) is 12.4. The molecule has 0 spiro atoms. The van der Waals surface area contributed by atoms with Crippen molar-refractivity contribution in [1.29, 1.82) is 0 Å². The number of benzene rings is 2. The first kappa shape index (κ1) is 11.6. The third-order valence-corrected chi connectivity index (χ3v) is 2.85. The number of hydrogen-bond acceptors (Lipinski definition) is 3. The molecule has 0 fully saturated rings. The Morgan fingerprint density at radius 1 is 1.18 bits per heavy atom. The minimum Gasteiger partial charge on any atom is -0.547 e. The molecule has 0 saturated carbocycles. The van der Waals surface area contributed by atoms with Crippen LogP contribution in [0.15, 0.2) is 42.5 Å². The topological polar surface area (TPSA) is 88.0 Å². The number of rotatable bonds is 3. The maximum atomic E-state index is 10.6. The van der Waals surface area contributed by atoms with Crippen molar-refractivity contribution in [3.05, 3.63) is 48.0 Å². The zero-order valence-corrected chi connectivity index (χ0v) is 9.17. The highest BCUT2D eigenvalue weighted by atomic mass is 16.4. The lowest BCUT2D eigenvalue weighted by atomic mass is 9.96. The number of aliphatic hydroxyl groups excluding tert-OH is 1. The second-order valence-corrected chi connectivity index (χ2v) is 3.94. The fourth-order valence-electron chi connectivity index (χ4n) is 1.91. The van der Waals surface area contributed by atoms with Crippen LogP contribution in [0.5, 0.6) is 0 Å². The third kappa shape index (κ3) is 2.13. The molecule has 0 unspecified atom stereocenters. The summed E-state index contributed by atoms with van der Waals surface area (Å²) in [6.07, 6.45) is -1.60. The van der Waals surface area contributed by atoms with Gasteiger partial charge in [0.15, 0.2) is 0 Å². The summed E-state index contributed by atoms with van der Waals surface area (Å²) in [5.74, 6) is -1.50. The van der Waals surface area contributed by atoms with Gasteiger partial charge in [0.25, 0.3) is 0 Å². The van der Waals surface area contributed by atoms with E-state index in [1.807, 2.05) is 36.4 Å². The number of hydrogen-bond donors (Lipinski definition) is 2. The average Bonchev–Trinajstić information content (AvgIpc) is 2.36. The molecule has 4 N–H and O–H groups in total. The van der Waals surface area contributed by atoms with Crippen LogP contribution < -0.4 is 10.8 Å². The summed E-state index contributed by atoms with van der Waals surface area (Å²) in [5, 5.41) is 22.0. The number of carboxylic acids is 1. The molecule has 88 valence electrons. The van der Waals surface area contributed by atoms with E-state index in [1.165, 1.54) is 0 Å². The van der Waals surface area contributed by atoms with Gasteiger partial charge in [0.1, 0.15) is 12.1 Å². The molecule has 0 amide bonds. The Hall–Kier alpha value is -1.91. The number of carbonyl (C=O) groups excluding carboxylic acids is 1. The molecule has 0 bridgehead atoms. The van der Waals surface area contributed by atoms with Gasteiger partial charge in [-0.1, -0.05) is 42.5 Å². The van der Waals surface area contributed by atoms with Crippen LogP contribution in [-0.4, -0.2) is 17.2 Å². The summed E-state index contributed by atoms with van der Waals surface area (Å²) in [4.78, 5) is 10.6. The molecule has 0 aliphatic heterocycles. The summed E-state index contributed by atoms with van der Waals surface area (Å²) in [6, 6.07) is 12.3. The number of aliphatic carboxylic acids is 1. The lowest BCUT2D eigenvalue weighted by Gasteiger charge is -2.18. The van der Waals surface area contributed by atoms with E-state index < -0.39 is 18.1 Å². The molecule has 2 aromatic rings. The van der Waals surface area contributed by atoms with Gasteiger partial charge in [0.2, 0.25) is 0 Å². The molecule has 0 heterocycles. The van der Waals surface area contributed by atoms with E-state index in [2.05, 4.69) is 5.73 Å². The molecule has 4 nitrogen and oxygen atoms in total. The monoisotopic (exact) mass is 231 g/mol. The minimum atomic E-state index is -1.60. The van der Waals surface area contributed by atoms with E-state index in [0.29, 0.717) is 5.56 Å². The van der Waals surface area contributed by atoms with Crippen molar-refractivity contribution in [2.45, 2.75) is 12.1 Å². The summed E-state index contributed by atoms with van der Waals surface area (Å²) >= 11 is 0. The van der Waals surface area contributed by atoms with Crippen LogP contribution in [-0.2, 0) is 4.79 Å². The zero-order valence-electron chi connectivity index (χ0n) is 9.17. The van der Waals surface area contributed by atoms with Crippen molar-refractivity contribution in [3.8, 4) is 0 Å². The quantitative estimate of drug-likeness (QED) is 0.727. The van der Waals surface area contributed by atoms with Gasteiger partial charge in [-0.25, -0.2) is 0 Å². The number of fused-ring (bicyclic) bond motifs is 1. The average molecular weight is 231 g/mol. The first-order valence-corrected chi connectivity index (χ1v) is 5.31. The highest BCUT2D eigenvalue weighted by Gasteiger charge is 2.22. The second-order valence-electron chi connectivity index (χ2n) is 3.94. The van der Waals surface area contributed by atoms with Crippen molar-refractivity contribution < 1.29 is 20.7 Å². The smallest absolute Gasteiger partial charge is 0.149 e. The Morgan fingerprint density at radius 2 is 1.82 bits per heavy atom.